The molecule has 1 fully saturated rings. The molecule has 5 nitrogen and oxygen atoms in total. The summed E-state index contributed by atoms with van der Waals surface area (Å²) in [5.41, 5.74) is 1.81. The Hall–Kier alpha value is -2.04. The zero-order chi connectivity index (χ0) is 16.8. The van der Waals surface area contributed by atoms with Crippen LogP contribution < -0.4 is 10.6 Å². The van der Waals surface area contributed by atoms with Gasteiger partial charge in [-0.1, -0.05) is 32.0 Å². The number of carbonyl (C=O) groups excluding carboxylic acids is 2. The predicted octanol–water partition coefficient (Wildman–Crippen LogP) is 3.15. The minimum atomic E-state index is -0.355. The summed E-state index contributed by atoms with van der Waals surface area (Å²) in [5.74, 6) is 0.516. The molecule has 0 aromatic heterocycles. The van der Waals surface area contributed by atoms with Gasteiger partial charge in [-0.25, -0.2) is 4.79 Å². The van der Waals surface area contributed by atoms with Crippen molar-refractivity contribution in [1.82, 2.24) is 10.2 Å². The summed E-state index contributed by atoms with van der Waals surface area (Å²) in [6.45, 7) is 7.50. The number of rotatable bonds is 5. The third-order valence-electron chi connectivity index (χ3n) is 4.22. The van der Waals surface area contributed by atoms with Crippen LogP contribution in [-0.4, -0.2) is 36.0 Å². The molecular weight excluding hydrogens is 290 g/mol. The van der Waals surface area contributed by atoms with E-state index in [0.717, 1.165) is 30.5 Å². The molecule has 1 heterocycles. The molecule has 0 radical (unpaired) electrons. The summed E-state index contributed by atoms with van der Waals surface area (Å²) in [5, 5.41) is 5.87. The van der Waals surface area contributed by atoms with E-state index >= 15 is 0 Å². The van der Waals surface area contributed by atoms with Crippen LogP contribution in [0.3, 0.4) is 0 Å². The molecule has 1 aliphatic heterocycles. The van der Waals surface area contributed by atoms with Crippen molar-refractivity contribution in [3.05, 3.63) is 29.8 Å². The molecule has 1 aromatic rings. The molecule has 1 saturated heterocycles. The largest absolute Gasteiger partial charge is 0.354 e. The molecule has 1 aromatic carbocycles. The van der Waals surface area contributed by atoms with Gasteiger partial charge in [-0.15, -0.1) is 0 Å². The van der Waals surface area contributed by atoms with Crippen molar-refractivity contribution in [2.24, 2.45) is 5.92 Å². The second kappa shape index (κ2) is 7.99. The molecule has 3 amide bonds. The highest BCUT2D eigenvalue weighted by Crippen LogP contribution is 2.20. The topological polar surface area (TPSA) is 61.4 Å². The summed E-state index contributed by atoms with van der Waals surface area (Å²) >= 11 is 0. The van der Waals surface area contributed by atoms with Crippen LogP contribution in [-0.2, 0) is 4.79 Å². The Morgan fingerprint density at radius 1 is 1.30 bits per heavy atom. The number of nitrogens with one attached hydrogen (secondary N) is 2. The number of urea groups is 1. The summed E-state index contributed by atoms with van der Waals surface area (Å²) in [4.78, 5) is 26.5. The van der Waals surface area contributed by atoms with Gasteiger partial charge >= 0.3 is 6.03 Å². The van der Waals surface area contributed by atoms with Gasteiger partial charge in [0.1, 0.15) is 6.04 Å². The Kier molecular flexibility index (Phi) is 6.02. The average Bonchev–Trinajstić information content (AvgIpc) is 2.98. The van der Waals surface area contributed by atoms with Crippen LogP contribution >= 0.6 is 0 Å². The first-order valence-corrected chi connectivity index (χ1v) is 8.40. The van der Waals surface area contributed by atoms with Gasteiger partial charge in [0.2, 0.25) is 5.91 Å². The van der Waals surface area contributed by atoms with E-state index in [2.05, 4.69) is 24.5 Å². The van der Waals surface area contributed by atoms with Gasteiger partial charge in [-0.2, -0.15) is 0 Å². The van der Waals surface area contributed by atoms with Crippen molar-refractivity contribution in [3.8, 4) is 0 Å². The lowest BCUT2D eigenvalue weighted by Crippen LogP contribution is -2.47. The maximum atomic E-state index is 12.5. The Morgan fingerprint density at radius 2 is 2.04 bits per heavy atom. The molecule has 0 bridgehead atoms. The number of anilines is 1. The van der Waals surface area contributed by atoms with E-state index < -0.39 is 0 Å². The van der Waals surface area contributed by atoms with E-state index in [-0.39, 0.29) is 18.0 Å². The Labute approximate surface area is 138 Å². The van der Waals surface area contributed by atoms with Crippen molar-refractivity contribution in [1.29, 1.82) is 0 Å². The van der Waals surface area contributed by atoms with E-state index in [1.165, 1.54) is 0 Å². The Morgan fingerprint density at radius 3 is 2.74 bits per heavy atom. The minimum Gasteiger partial charge on any atom is -0.354 e. The number of carbonyl (C=O) groups is 2. The lowest BCUT2D eigenvalue weighted by molar-refractivity contribution is -0.124. The molecule has 0 saturated carbocycles. The van der Waals surface area contributed by atoms with Gasteiger partial charge in [0.05, 0.1) is 0 Å². The number of para-hydroxylation sites is 1. The van der Waals surface area contributed by atoms with Crippen molar-refractivity contribution in [2.45, 2.75) is 46.1 Å². The molecule has 23 heavy (non-hydrogen) atoms. The third kappa shape index (κ3) is 4.71. The molecule has 126 valence electrons. The molecule has 1 atom stereocenters. The number of benzene rings is 1. The highest BCUT2D eigenvalue weighted by molar-refractivity contribution is 5.94. The molecule has 0 aliphatic carbocycles. The second-order valence-electron chi connectivity index (χ2n) is 6.57. The number of likely N-dealkylation sites (tertiary alicyclic amines) is 1. The molecule has 0 spiro atoms. The van der Waals surface area contributed by atoms with Crippen LogP contribution in [0, 0.1) is 12.8 Å². The standard InChI is InChI=1S/C18H27N3O2/c1-13(2)10-11-19-17(22)16-9-6-12-21(16)18(23)20-15-8-5-4-7-14(15)3/h4-5,7-8,13,16H,6,9-12H2,1-3H3,(H,19,22)(H,20,23)/t16-/m0/s1. The van der Waals surface area contributed by atoms with Crippen LogP contribution in [0.5, 0.6) is 0 Å². The number of hydrogen-bond acceptors (Lipinski definition) is 2. The van der Waals surface area contributed by atoms with Gasteiger partial charge in [0, 0.05) is 18.8 Å². The van der Waals surface area contributed by atoms with Gasteiger partial charge < -0.3 is 15.5 Å². The summed E-state index contributed by atoms with van der Waals surface area (Å²) in [6.07, 6.45) is 2.55. The molecular formula is C18H27N3O2. The lowest BCUT2D eigenvalue weighted by atomic mass is 10.1. The van der Waals surface area contributed by atoms with Crippen LogP contribution in [0.2, 0.25) is 0 Å². The first kappa shape index (κ1) is 17.3. The number of nitrogens with zero attached hydrogens (tertiary/aromatic N) is 1. The highest BCUT2D eigenvalue weighted by Gasteiger charge is 2.34. The van der Waals surface area contributed by atoms with E-state index in [1.807, 2.05) is 31.2 Å². The Bertz CT molecular complexity index is 557. The molecule has 2 rings (SSSR count). The first-order chi connectivity index (χ1) is 11.0. The van der Waals surface area contributed by atoms with Gasteiger partial charge in [0.25, 0.3) is 0 Å². The SMILES string of the molecule is Cc1ccccc1NC(=O)N1CCC[C@H]1C(=O)NCCC(C)C. The normalized spacial score (nSPS) is 17.4. The smallest absolute Gasteiger partial charge is 0.322 e. The zero-order valence-electron chi connectivity index (χ0n) is 14.3. The average molecular weight is 317 g/mol. The monoisotopic (exact) mass is 317 g/mol. The highest BCUT2D eigenvalue weighted by atomic mass is 16.2. The van der Waals surface area contributed by atoms with Gasteiger partial charge in [0.15, 0.2) is 0 Å². The van der Waals surface area contributed by atoms with Crippen molar-refractivity contribution >= 4 is 17.6 Å². The van der Waals surface area contributed by atoms with Gasteiger partial charge in [-0.3, -0.25) is 4.79 Å². The molecule has 0 unspecified atom stereocenters. The van der Waals surface area contributed by atoms with Crippen LogP contribution in [0.15, 0.2) is 24.3 Å². The minimum absolute atomic E-state index is 0.0388. The predicted molar refractivity (Wildman–Crippen MR) is 92.4 cm³/mol. The van der Waals surface area contributed by atoms with E-state index in [9.17, 15) is 9.59 Å². The fraction of sp³-hybridized carbons (Fsp3) is 0.556. The zero-order valence-corrected chi connectivity index (χ0v) is 14.3. The number of aryl methyl sites for hydroxylation is 1. The maximum Gasteiger partial charge on any atom is 0.322 e. The van der Waals surface area contributed by atoms with E-state index in [0.29, 0.717) is 19.0 Å². The maximum absolute atomic E-state index is 12.5. The fourth-order valence-corrected chi connectivity index (χ4v) is 2.78. The third-order valence-corrected chi connectivity index (χ3v) is 4.22. The summed E-state index contributed by atoms with van der Waals surface area (Å²) in [7, 11) is 0. The van der Waals surface area contributed by atoms with Crippen molar-refractivity contribution in [2.75, 3.05) is 18.4 Å². The summed E-state index contributed by atoms with van der Waals surface area (Å²) < 4.78 is 0. The van der Waals surface area contributed by atoms with Gasteiger partial charge in [-0.05, 0) is 43.7 Å². The Balaban J connectivity index is 1.94. The van der Waals surface area contributed by atoms with Crippen LogP contribution in [0.1, 0.15) is 38.7 Å². The van der Waals surface area contributed by atoms with Crippen molar-refractivity contribution in [3.63, 3.8) is 0 Å². The first-order valence-electron chi connectivity index (χ1n) is 8.40. The summed E-state index contributed by atoms with van der Waals surface area (Å²) in [6, 6.07) is 7.11. The fourth-order valence-electron chi connectivity index (χ4n) is 2.78. The number of amides is 3. The van der Waals surface area contributed by atoms with E-state index in [1.54, 1.807) is 4.90 Å². The van der Waals surface area contributed by atoms with E-state index in [4.69, 9.17) is 0 Å². The molecule has 2 N–H and O–H groups in total. The molecule has 1 aliphatic rings. The number of hydrogen-bond donors (Lipinski definition) is 2. The van der Waals surface area contributed by atoms with Crippen LogP contribution in [0.4, 0.5) is 10.5 Å². The second-order valence-corrected chi connectivity index (χ2v) is 6.57. The van der Waals surface area contributed by atoms with Crippen molar-refractivity contribution < 1.29 is 9.59 Å². The lowest BCUT2D eigenvalue weighted by Gasteiger charge is -2.24. The molecule has 5 heteroatoms. The quantitative estimate of drug-likeness (QED) is 0.876. The van der Waals surface area contributed by atoms with Crippen LogP contribution in [0.25, 0.3) is 0 Å².